The van der Waals surface area contributed by atoms with Crippen LogP contribution >= 0.6 is 0 Å². The standard InChI is InChI=1S/C25H27N5/c1-6-21-13-20(14-26)24(29(21)5)19-10-8-18(9-11-19)15-30-22(7-2)28-23-16(3)12-17(4)27-25(23)30/h8-13H,6-7,15H2,1-5H3. The molecule has 0 unspecified atom stereocenters. The second-order valence-electron chi connectivity index (χ2n) is 7.84. The van der Waals surface area contributed by atoms with Crippen molar-refractivity contribution in [2.45, 2.75) is 47.1 Å². The Morgan fingerprint density at radius 1 is 1.00 bits per heavy atom. The molecule has 0 radical (unpaired) electrons. The third-order valence-corrected chi connectivity index (χ3v) is 5.80. The summed E-state index contributed by atoms with van der Waals surface area (Å²) in [5, 5.41) is 9.56. The van der Waals surface area contributed by atoms with E-state index in [1.54, 1.807) is 0 Å². The van der Waals surface area contributed by atoms with E-state index in [4.69, 9.17) is 9.97 Å². The minimum absolute atomic E-state index is 0.728. The van der Waals surface area contributed by atoms with E-state index in [-0.39, 0.29) is 0 Å². The van der Waals surface area contributed by atoms with Gasteiger partial charge in [-0.2, -0.15) is 5.26 Å². The Kier molecular flexibility index (Phi) is 5.17. The Hall–Kier alpha value is -3.39. The molecule has 1 aromatic carbocycles. The molecule has 0 spiro atoms. The monoisotopic (exact) mass is 397 g/mol. The average molecular weight is 398 g/mol. The molecule has 0 N–H and O–H groups in total. The van der Waals surface area contributed by atoms with Gasteiger partial charge in [0.1, 0.15) is 17.4 Å². The molecule has 0 amide bonds. The normalized spacial score (nSPS) is 11.2. The molecule has 0 aliphatic heterocycles. The van der Waals surface area contributed by atoms with Gasteiger partial charge in [-0.25, -0.2) is 9.97 Å². The van der Waals surface area contributed by atoms with Crippen LogP contribution in [0.4, 0.5) is 0 Å². The van der Waals surface area contributed by atoms with E-state index in [1.807, 2.05) is 20.0 Å². The molecule has 0 saturated heterocycles. The second-order valence-corrected chi connectivity index (χ2v) is 7.84. The first-order valence-electron chi connectivity index (χ1n) is 10.5. The van der Waals surface area contributed by atoms with E-state index >= 15 is 0 Å². The lowest BCUT2D eigenvalue weighted by molar-refractivity contribution is 0.745. The van der Waals surface area contributed by atoms with Crippen molar-refractivity contribution >= 4 is 11.2 Å². The Bertz CT molecular complexity index is 1270. The molecule has 5 nitrogen and oxygen atoms in total. The molecule has 0 saturated carbocycles. The Morgan fingerprint density at radius 2 is 1.73 bits per heavy atom. The summed E-state index contributed by atoms with van der Waals surface area (Å²) in [5.41, 5.74) is 9.26. The van der Waals surface area contributed by atoms with Crippen molar-refractivity contribution in [2.75, 3.05) is 0 Å². The number of pyridine rings is 1. The number of imidazole rings is 1. The molecule has 0 aliphatic rings. The highest BCUT2D eigenvalue weighted by Crippen LogP contribution is 2.28. The van der Waals surface area contributed by atoms with Crippen LogP contribution in [0, 0.1) is 25.2 Å². The van der Waals surface area contributed by atoms with Crippen LogP contribution in [0.15, 0.2) is 36.4 Å². The molecule has 4 aromatic rings. The molecule has 0 fully saturated rings. The summed E-state index contributed by atoms with van der Waals surface area (Å²) in [5.74, 6) is 1.05. The van der Waals surface area contributed by atoms with E-state index in [1.165, 1.54) is 16.8 Å². The number of hydrogen-bond donors (Lipinski definition) is 0. The zero-order valence-corrected chi connectivity index (χ0v) is 18.3. The second kappa shape index (κ2) is 7.79. The molecule has 3 heterocycles. The number of fused-ring (bicyclic) bond motifs is 1. The van der Waals surface area contributed by atoms with Gasteiger partial charge in [0, 0.05) is 24.9 Å². The Morgan fingerprint density at radius 3 is 2.37 bits per heavy atom. The van der Waals surface area contributed by atoms with Crippen LogP contribution in [0.25, 0.3) is 22.4 Å². The molecular formula is C25H27N5. The van der Waals surface area contributed by atoms with Crippen LogP contribution < -0.4 is 0 Å². The van der Waals surface area contributed by atoms with Gasteiger partial charge in [-0.15, -0.1) is 0 Å². The maximum absolute atomic E-state index is 9.56. The number of benzene rings is 1. The van der Waals surface area contributed by atoms with Crippen molar-refractivity contribution in [1.82, 2.24) is 19.1 Å². The summed E-state index contributed by atoms with van der Waals surface area (Å²) in [4.78, 5) is 9.61. The fourth-order valence-electron chi connectivity index (χ4n) is 4.26. The van der Waals surface area contributed by atoms with Gasteiger partial charge < -0.3 is 9.13 Å². The van der Waals surface area contributed by atoms with Gasteiger partial charge in [-0.1, -0.05) is 38.1 Å². The Labute approximate surface area is 177 Å². The number of nitrogens with zero attached hydrogens (tertiary/aromatic N) is 5. The fourth-order valence-corrected chi connectivity index (χ4v) is 4.26. The topological polar surface area (TPSA) is 59.4 Å². The zero-order chi connectivity index (χ0) is 21.4. The Balaban J connectivity index is 1.72. The lowest BCUT2D eigenvalue weighted by Crippen LogP contribution is -2.06. The number of aromatic nitrogens is 4. The van der Waals surface area contributed by atoms with Crippen LogP contribution in [-0.2, 0) is 26.4 Å². The van der Waals surface area contributed by atoms with Crippen molar-refractivity contribution < 1.29 is 0 Å². The van der Waals surface area contributed by atoms with Crippen molar-refractivity contribution in [3.8, 4) is 17.3 Å². The van der Waals surface area contributed by atoms with Crippen molar-refractivity contribution in [3.05, 3.63) is 70.3 Å². The SMILES string of the molecule is CCc1cc(C#N)c(-c2ccc(Cn3c(CC)nc4c(C)cc(C)nc43)cc2)n1C. The van der Waals surface area contributed by atoms with E-state index in [0.29, 0.717) is 0 Å². The predicted molar refractivity (Wildman–Crippen MR) is 120 cm³/mol. The highest BCUT2D eigenvalue weighted by Gasteiger charge is 2.15. The first-order valence-corrected chi connectivity index (χ1v) is 10.5. The molecule has 4 rings (SSSR count). The third-order valence-electron chi connectivity index (χ3n) is 5.80. The summed E-state index contributed by atoms with van der Waals surface area (Å²) in [6.45, 7) is 9.10. The van der Waals surface area contributed by atoms with Crippen LogP contribution in [0.1, 0.15) is 47.8 Å². The number of aryl methyl sites for hydroxylation is 4. The molecule has 0 bridgehead atoms. The van der Waals surface area contributed by atoms with Gasteiger partial charge in [-0.05, 0) is 49.1 Å². The highest BCUT2D eigenvalue weighted by atomic mass is 15.1. The van der Waals surface area contributed by atoms with E-state index in [0.717, 1.165) is 58.9 Å². The maximum Gasteiger partial charge on any atom is 0.160 e. The molecular weight excluding hydrogens is 370 g/mol. The molecule has 0 aliphatic carbocycles. The van der Waals surface area contributed by atoms with Gasteiger partial charge >= 0.3 is 0 Å². The number of rotatable bonds is 5. The van der Waals surface area contributed by atoms with Gasteiger partial charge in [0.2, 0.25) is 0 Å². The average Bonchev–Trinajstić information content (AvgIpc) is 3.26. The van der Waals surface area contributed by atoms with Crippen LogP contribution in [0.2, 0.25) is 0 Å². The molecule has 5 heteroatoms. The summed E-state index contributed by atoms with van der Waals surface area (Å²) in [6.07, 6.45) is 1.77. The van der Waals surface area contributed by atoms with Gasteiger partial charge in [0.25, 0.3) is 0 Å². The minimum atomic E-state index is 0.728. The first-order chi connectivity index (χ1) is 14.5. The van der Waals surface area contributed by atoms with E-state index < -0.39 is 0 Å². The molecule has 30 heavy (non-hydrogen) atoms. The van der Waals surface area contributed by atoms with Crippen LogP contribution in [0.3, 0.4) is 0 Å². The van der Waals surface area contributed by atoms with E-state index in [9.17, 15) is 5.26 Å². The summed E-state index contributed by atoms with van der Waals surface area (Å²) >= 11 is 0. The van der Waals surface area contributed by atoms with Crippen molar-refractivity contribution in [2.24, 2.45) is 7.05 Å². The quantitative estimate of drug-likeness (QED) is 0.471. The molecule has 152 valence electrons. The summed E-state index contributed by atoms with van der Waals surface area (Å²) in [6, 6.07) is 14.9. The fraction of sp³-hybridized carbons (Fsp3) is 0.320. The molecule has 0 atom stereocenters. The predicted octanol–water partition coefficient (Wildman–Crippen LogP) is 5.10. The van der Waals surface area contributed by atoms with Crippen LogP contribution in [0.5, 0.6) is 0 Å². The lowest BCUT2D eigenvalue weighted by atomic mass is 10.1. The highest BCUT2D eigenvalue weighted by molar-refractivity contribution is 5.76. The smallest absolute Gasteiger partial charge is 0.160 e. The van der Waals surface area contributed by atoms with Crippen molar-refractivity contribution in [3.63, 3.8) is 0 Å². The van der Waals surface area contributed by atoms with E-state index in [2.05, 4.69) is 66.3 Å². The van der Waals surface area contributed by atoms with Gasteiger partial charge in [0.05, 0.1) is 17.8 Å². The van der Waals surface area contributed by atoms with Crippen LogP contribution in [-0.4, -0.2) is 19.1 Å². The van der Waals surface area contributed by atoms with Gasteiger partial charge in [0.15, 0.2) is 5.65 Å². The lowest BCUT2D eigenvalue weighted by Gasteiger charge is -2.11. The number of nitriles is 1. The van der Waals surface area contributed by atoms with Gasteiger partial charge in [-0.3, -0.25) is 0 Å². The number of hydrogen-bond acceptors (Lipinski definition) is 3. The zero-order valence-electron chi connectivity index (χ0n) is 18.3. The third kappa shape index (κ3) is 3.29. The first kappa shape index (κ1) is 19.9. The molecule has 3 aromatic heterocycles. The largest absolute Gasteiger partial charge is 0.347 e. The maximum atomic E-state index is 9.56. The van der Waals surface area contributed by atoms with Crippen molar-refractivity contribution in [1.29, 1.82) is 5.26 Å². The summed E-state index contributed by atoms with van der Waals surface area (Å²) < 4.78 is 4.35. The summed E-state index contributed by atoms with van der Waals surface area (Å²) in [7, 11) is 2.03. The minimum Gasteiger partial charge on any atom is -0.347 e.